The molecule has 0 aliphatic carbocycles. The van der Waals surface area contributed by atoms with Gasteiger partial charge < -0.3 is 26.0 Å². The molecule has 16 heteroatoms. The number of benzene rings is 2. The summed E-state index contributed by atoms with van der Waals surface area (Å²) in [5.74, 6) is -3.33. The highest BCUT2D eigenvalue weighted by molar-refractivity contribution is 5.99. The second-order valence-corrected chi connectivity index (χ2v) is 9.57. The van der Waals surface area contributed by atoms with Gasteiger partial charge >= 0.3 is 18.3 Å². The molecule has 0 radical (unpaired) electrons. The van der Waals surface area contributed by atoms with Crippen molar-refractivity contribution >= 4 is 35.0 Å². The van der Waals surface area contributed by atoms with Gasteiger partial charge in [0.2, 0.25) is 11.9 Å². The van der Waals surface area contributed by atoms with Crippen LogP contribution in [0.4, 0.5) is 53.9 Å². The molecule has 1 aliphatic heterocycles. The normalized spacial score (nSPS) is 14.2. The molecule has 236 valence electrons. The smallest absolute Gasteiger partial charge is 0.475 e. The molecule has 2 heterocycles. The first-order chi connectivity index (χ1) is 20.6. The largest absolute Gasteiger partial charge is 0.490 e. The highest BCUT2D eigenvalue weighted by atomic mass is 19.4. The first-order valence-corrected chi connectivity index (χ1v) is 12.9. The maximum absolute atomic E-state index is 14.7. The quantitative estimate of drug-likeness (QED) is 0.178. The van der Waals surface area contributed by atoms with E-state index in [1.807, 2.05) is 7.05 Å². The number of rotatable bonds is 7. The highest BCUT2D eigenvalue weighted by Gasteiger charge is 2.38. The van der Waals surface area contributed by atoms with Gasteiger partial charge in [0.15, 0.2) is 0 Å². The number of carbonyl (C=O) groups excluding carboxylic acids is 1. The SMILES string of the molecule is C=CC(=O)Nc1ccc(F)c(Nc2nc(NC3CCN(C)CC3)ncc2-c2ccc(C(F)(F)F)cc2)c1.O=C(O)C(F)(F)F. The van der Waals surface area contributed by atoms with Crippen LogP contribution in [0.15, 0.2) is 61.3 Å². The van der Waals surface area contributed by atoms with E-state index in [0.717, 1.165) is 44.1 Å². The number of aliphatic carboxylic acids is 1. The van der Waals surface area contributed by atoms with Crippen LogP contribution in [0, 0.1) is 5.82 Å². The summed E-state index contributed by atoms with van der Waals surface area (Å²) in [6.07, 6.45) is -5.20. The Morgan fingerprint density at radius 3 is 2.20 bits per heavy atom. The lowest BCUT2D eigenvalue weighted by molar-refractivity contribution is -0.192. The van der Waals surface area contributed by atoms with Crippen LogP contribution in [-0.4, -0.2) is 64.2 Å². The van der Waals surface area contributed by atoms with Gasteiger partial charge in [0.25, 0.3) is 0 Å². The molecule has 44 heavy (non-hydrogen) atoms. The fourth-order valence-corrected chi connectivity index (χ4v) is 3.95. The van der Waals surface area contributed by atoms with Crippen LogP contribution in [0.5, 0.6) is 0 Å². The van der Waals surface area contributed by atoms with E-state index in [9.17, 15) is 35.5 Å². The fraction of sp³-hybridized carbons (Fsp3) is 0.286. The molecule has 9 nitrogen and oxygen atoms in total. The number of nitrogens with one attached hydrogen (secondary N) is 3. The number of hydrogen-bond donors (Lipinski definition) is 4. The summed E-state index contributed by atoms with van der Waals surface area (Å²) in [6, 6.07) is 8.67. The lowest BCUT2D eigenvalue weighted by atomic mass is 10.0. The third-order valence-corrected chi connectivity index (χ3v) is 6.28. The number of carbonyl (C=O) groups is 2. The maximum atomic E-state index is 14.7. The van der Waals surface area contributed by atoms with Crippen molar-refractivity contribution in [2.45, 2.75) is 31.2 Å². The van der Waals surface area contributed by atoms with Gasteiger partial charge in [0.1, 0.15) is 11.6 Å². The Morgan fingerprint density at radius 1 is 1.05 bits per heavy atom. The van der Waals surface area contributed by atoms with Crippen molar-refractivity contribution in [1.29, 1.82) is 0 Å². The molecule has 2 aromatic carbocycles. The van der Waals surface area contributed by atoms with Crippen molar-refractivity contribution in [1.82, 2.24) is 14.9 Å². The summed E-state index contributed by atoms with van der Waals surface area (Å²) in [5, 5.41) is 15.9. The molecule has 1 saturated heterocycles. The summed E-state index contributed by atoms with van der Waals surface area (Å²) in [4.78, 5) is 31.7. The van der Waals surface area contributed by atoms with Crippen molar-refractivity contribution in [2.24, 2.45) is 0 Å². The lowest BCUT2D eigenvalue weighted by Crippen LogP contribution is -2.37. The lowest BCUT2D eigenvalue weighted by Gasteiger charge is -2.29. The van der Waals surface area contributed by atoms with E-state index in [0.29, 0.717) is 22.8 Å². The molecule has 1 aromatic heterocycles. The average molecular weight is 629 g/mol. The number of hydrogen-bond acceptors (Lipinski definition) is 7. The maximum Gasteiger partial charge on any atom is 0.490 e. The molecule has 1 aliphatic rings. The molecule has 0 bridgehead atoms. The second kappa shape index (κ2) is 14.2. The Bertz CT molecular complexity index is 1470. The number of anilines is 4. The predicted molar refractivity (Wildman–Crippen MR) is 149 cm³/mol. The number of halogens is 7. The minimum atomic E-state index is -5.08. The molecule has 0 spiro atoms. The fourth-order valence-electron chi connectivity index (χ4n) is 3.95. The Hall–Kier alpha value is -4.73. The number of carboxylic acids is 1. The van der Waals surface area contributed by atoms with Crippen LogP contribution in [-0.2, 0) is 15.8 Å². The standard InChI is InChI=1S/C26H26F4N6O.C2HF3O2/c1-3-23(37)32-19-8-9-21(27)22(14-19)34-24-20(16-4-6-17(7-5-16)26(28,29)30)15-31-25(35-24)33-18-10-12-36(2)13-11-18;3-2(4,5)1(6)7/h3-9,14-15,18H,1,10-13H2,2H3,(H,32,37)(H2,31,33,34,35);(H,6,7). The number of aromatic nitrogens is 2. The van der Waals surface area contributed by atoms with Gasteiger partial charge in [-0.1, -0.05) is 18.7 Å². The van der Waals surface area contributed by atoms with E-state index in [1.54, 1.807) is 0 Å². The molecular weight excluding hydrogens is 601 g/mol. The van der Waals surface area contributed by atoms with E-state index in [1.165, 1.54) is 36.5 Å². The van der Waals surface area contributed by atoms with Crippen molar-refractivity contribution in [2.75, 3.05) is 36.1 Å². The van der Waals surface area contributed by atoms with Gasteiger partial charge in [0, 0.05) is 23.5 Å². The van der Waals surface area contributed by atoms with Crippen molar-refractivity contribution in [3.8, 4) is 11.1 Å². The number of carboxylic acid groups (broad SMARTS) is 1. The number of amides is 1. The van der Waals surface area contributed by atoms with Crippen molar-refractivity contribution < 1.29 is 45.4 Å². The topological polar surface area (TPSA) is 119 Å². The zero-order chi connectivity index (χ0) is 32.7. The average Bonchev–Trinajstić information content (AvgIpc) is 2.95. The molecule has 0 unspecified atom stereocenters. The van der Waals surface area contributed by atoms with Gasteiger partial charge in [-0.05, 0) is 75.0 Å². The minimum Gasteiger partial charge on any atom is -0.475 e. The van der Waals surface area contributed by atoms with Crippen LogP contribution in [0.25, 0.3) is 11.1 Å². The number of piperidine rings is 1. The first kappa shape index (κ1) is 33.8. The molecule has 4 rings (SSSR count). The van der Waals surface area contributed by atoms with E-state index in [-0.39, 0.29) is 17.5 Å². The zero-order valence-corrected chi connectivity index (χ0v) is 23.1. The molecule has 1 amide bonds. The Morgan fingerprint density at radius 2 is 1.66 bits per heavy atom. The second-order valence-electron chi connectivity index (χ2n) is 9.57. The molecule has 4 N–H and O–H groups in total. The third kappa shape index (κ3) is 9.65. The van der Waals surface area contributed by atoms with Gasteiger partial charge in [-0.15, -0.1) is 0 Å². The number of likely N-dealkylation sites (tertiary alicyclic amines) is 1. The van der Waals surface area contributed by atoms with Gasteiger partial charge in [-0.3, -0.25) is 4.79 Å². The molecular formula is C28H27F7N6O3. The summed E-state index contributed by atoms with van der Waals surface area (Å²) in [6.45, 7) is 5.23. The summed E-state index contributed by atoms with van der Waals surface area (Å²) in [7, 11) is 2.05. The Kier molecular flexibility index (Phi) is 10.9. The summed E-state index contributed by atoms with van der Waals surface area (Å²) < 4.78 is 85.6. The van der Waals surface area contributed by atoms with Crippen molar-refractivity contribution in [3.63, 3.8) is 0 Å². The zero-order valence-electron chi connectivity index (χ0n) is 23.1. The molecule has 1 fully saturated rings. The summed E-state index contributed by atoms with van der Waals surface area (Å²) in [5.41, 5.74) is 0.340. The van der Waals surface area contributed by atoms with Crippen molar-refractivity contribution in [3.05, 3.63) is 72.7 Å². The molecule has 0 saturated carbocycles. The molecule has 0 atom stereocenters. The predicted octanol–water partition coefficient (Wildman–Crippen LogP) is 6.31. The number of nitrogens with zero attached hydrogens (tertiary/aromatic N) is 3. The van der Waals surface area contributed by atoms with E-state index >= 15 is 0 Å². The monoisotopic (exact) mass is 628 g/mol. The van der Waals surface area contributed by atoms with Crippen LogP contribution < -0.4 is 16.0 Å². The van der Waals surface area contributed by atoms with E-state index < -0.39 is 35.6 Å². The van der Waals surface area contributed by atoms with Crippen LogP contribution in [0.2, 0.25) is 0 Å². The highest BCUT2D eigenvalue weighted by Crippen LogP contribution is 2.34. The van der Waals surface area contributed by atoms with Gasteiger partial charge in [0.05, 0.1) is 11.3 Å². The van der Waals surface area contributed by atoms with Gasteiger partial charge in [-0.2, -0.15) is 31.3 Å². The van der Waals surface area contributed by atoms with Crippen LogP contribution >= 0.6 is 0 Å². The van der Waals surface area contributed by atoms with Crippen LogP contribution in [0.3, 0.4) is 0 Å². The Labute approximate surface area is 246 Å². The van der Waals surface area contributed by atoms with E-state index in [4.69, 9.17) is 9.90 Å². The van der Waals surface area contributed by atoms with Gasteiger partial charge in [-0.25, -0.2) is 14.2 Å². The van der Waals surface area contributed by atoms with Crippen LogP contribution in [0.1, 0.15) is 18.4 Å². The minimum absolute atomic E-state index is 0.0129. The number of alkyl halides is 6. The van der Waals surface area contributed by atoms with E-state index in [2.05, 4.69) is 37.4 Å². The Balaban J connectivity index is 0.000000676. The third-order valence-electron chi connectivity index (χ3n) is 6.28. The summed E-state index contributed by atoms with van der Waals surface area (Å²) >= 11 is 0. The molecule has 3 aromatic rings. The first-order valence-electron chi connectivity index (χ1n) is 12.9.